The lowest BCUT2D eigenvalue weighted by molar-refractivity contribution is -0.121. The van der Waals surface area contributed by atoms with Crippen LogP contribution in [-0.2, 0) is 4.79 Å². The van der Waals surface area contributed by atoms with Gasteiger partial charge in [-0.2, -0.15) is 0 Å². The Morgan fingerprint density at radius 3 is 3.00 bits per heavy atom. The fraction of sp³-hybridized carbons (Fsp3) is 0.364. The second-order valence-corrected chi connectivity index (χ2v) is 4.61. The van der Waals surface area contributed by atoms with E-state index < -0.39 is 0 Å². The monoisotopic (exact) mass is 297 g/mol. The Morgan fingerprint density at radius 1 is 1.47 bits per heavy atom. The second kappa shape index (κ2) is 5.27. The SMILES string of the molecule is O=C1CN(C(=O)c2ccc(Br)nc2)CCCN1. The molecule has 1 saturated heterocycles. The van der Waals surface area contributed by atoms with Gasteiger partial charge in [-0.15, -0.1) is 0 Å². The number of aromatic nitrogens is 1. The lowest BCUT2D eigenvalue weighted by atomic mass is 10.2. The van der Waals surface area contributed by atoms with Crippen molar-refractivity contribution in [1.82, 2.24) is 15.2 Å². The van der Waals surface area contributed by atoms with E-state index in [0.29, 0.717) is 23.3 Å². The van der Waals surface area contributed by atoms with Crippen LogP contribution in [0.1, 0.15) is 16.8 Å². The Morgan fingerprint density at radius 2 is 2.29 bits per heavy atom. The van der Waals surface area contributed by atoms with Gasteiger partial charge in [-0.25, -0.2) is 4.98 Å². The second-order valence-electron chi connectivity index (χ2n) is 3.80. The summed E-state index contributed by atoms with van der Waals surface area (Å²) in [6, 6.07) is 3.41. The number of pyridine rings is 1. The number of amides is 2. The predicted molar refractivity (Wildman–Crippen MR) is 65.5 cm³/mol. The van der Waals surface area contributed by atoms with Gasteiger partial charge in [0.2, 0.25) is 5.91 Å². The maximum absolute atomic E-state index is 12.1. The van der Waals surface area contributed by atoms with Crippen LogP contribution in [0.4, 0.5) is 0 Å². The zero-order valence-electron chi connectivity index (χ0n) is 9.15. The van der Waals surface area contributed by atoms with Gasteiger partial charge in [-0.3, -0.25) is 9.59 Å². The lowest BCUT2D eigenvalue weighted by Gasteiger charge is -2.18. The van der Waals surface area contributed by atoms with Gasteiger partial charge in [-0.05, 0) is 34.5 Å². The first-order valence-electron chi connectivity index (χ1n) is 5.34. The summed E-state index contributed by atoms with van der Waals surface area (Å²) in [5.74, 6) is -0.261. The number of hydrogen-bond acceptors (Lipinski definition) is 3. The molecule has 1 fully saturated rings. The van der Waals surface area contributed by atoms with Crippen molar-refractivity contribution in [3.63, 3.8) is 0 Å². The van der Waals surface area contributed by atoms with Crippen LogP contribution in [0.5, 0.6) is 0 Å². The molecule has 1 N–H and O–H groups in total. The third-order valence-corrected chi connectivity index (χ3v) is 2.99. The highest BCUT2D eigenvalue weighted by Gasteiger charge is 2.20. The van der Waals surface area contributed by atoms with Crippen LogP contribution in [0.25, 0.3) is 0 Å². The minimum Gasteiger partial charge on any atom is -0.354 e. The molecule has 5 nitrogen and oxygen atoms in total. The van der Waals surface area contributed by atoms with Crippen molar-refractivity contribution >= 4 is 27.7 Å². The molecule has 2 rings (SSSR count). The van der Waals surface area contributed by atoms with Crippen LogP contribution in [0, 0.1) is 0 Å². The third-order valence-electron chi connectivity index (χ3n) is 2.52. The smallest absolute Gasteiger partial charge is 0.255 e. The number of carbonyl (C=O) groups is 2. The van der Waals surface area contributed by atoms with E-state index in [1.807, 2.05) is 0 Å². The number of nitrogens with zero attached hydrogens (tertiary/aromatic N) is 2. The summed E-state index contributed by atoms with van der Waals surface area (Å²) in [6.07, 6.45) is 2.29. The maximum atomic E-state index is 12.1. The zero-order valence-corrected chi connectivity index (χ0v) is 10.7. The third kappa shape index (κ3) is 3.03. The molecule has 1 aromatic rings. The number of hydrogen-bond donors (Lipinski definition) is 1. The molecule has 2 heterocycles. The first-order chi connectivity index (χ1) is 8.16. The molecule has 0 aliphatic carbocycles. The average Bonchev–Trinajstić information content (AvgIpc) is 2.54. The minimum absolute atomic E-state index is 0.110. The lowest BCUT2D eigenvalue weighted by Crippen LogP contribution is -2.37. The molecule has 0 atom stereocenters. The van der Waals surface area contributed by atoms with Crippen molar-refractivity contribution in [3.05, 3.63) is 28.5 Å². The quantitative estimate of drug-likeness (QED) is 0.780. The van der Waals surface area contributed by atoms with E-state index in [4.69, 9.17) is 0 Å². The molecule has 0 saturated carbocycles. The van der Waals surface area contributed by atoms with Crippen LogP contribution >= 0.6 is 15.9 Å². The van der Waals surface area contributed by atoms with Crippen molar-refractivity contribution < 1.29 is 9.59 Å². The summed E-state index contributed by atoms with van der Waals surface area (Å²) in [7, 11) is 0. The molecule has 17 heavy (non-hydrogen) atoms. The van der Waals surface area contributed by atoms with Crippen LogP contribution < -0.4 is 5.32 Å². The molecule has 1 aromatic heterocycles. The predicted octanol–water partition coefficient (Wildman–Crippen LogP) is 0.806. The molecule has 0 bridgehead atoms. The number of nitrogens with one attached hydrogen (secondary N) is 1. The Balaban J connectivity index is 2.13. The van der Waals surface area contributed by atoms with E-state index in [2.05, 4.69) is 26.2 Å². The van der Waals surface area contributed by atoms with Crippen LogP contribution in [-0.4, -0.2) is 41.3 Å². The van der Waals surface area contributed by atoms with Gasteiger partial charge in [-0.1, -0.05) is 0 Å². The minimum atomic E-state index is -0.151. The molecule has 1 aliphatic rings. The summed E-state index contributed by atoms with van der Waals surface area (Å²) in [6.45, 7) is 1.34. The molecule has 0 aromatic carbocycles. The Kier molecular flexibility index (Phi) is 3.73. The highest BCUT2D eigenvalue weighted by atomic mass is 79.9. The molecule has 6 heteroatoms. The first kappa shape index (κ1) is 12.0. The molecule has 2 amide bonds. The summed E-state index contributed by atoms with van der Waals surface area (Å²) >= 11 is 3.21. The Hall–Kier alpha value is -1.43. The summed E-state index contributed by atoms with van der Waals surface area (Å²) in [5.41, 5.74) is 0.503. The number of halogens is 1. The van der Waals surface area contributed by atoms with Crippen LogP contribution in [0.3, 0.4) is 0 Å². The van der Waals surface area contributed by atoms with Gasteiger partial charge in [0.25, 0.3) is 5.91 Å². The van der Waals surface area contributed by atoms with E-state index >= 15 is 0 Å². The molecule has 0 unspecified atom stereocenters. The van der Waals surface area contributed by atoms with Crippen molar-refractivity contribution in [2.75, 3.05) is 19.6 Å². The Labute approximate surface area is 107 Å². The number of carbonyl (C=O) groups excluding carboxylic acids is 2. The fourth-order valence-electron chi connectivity index (χ4n) is 1.66. The van der Waals surface area contributed by atoms with E-state index in [-0.39, 0.29) is 18.4 Å². The highest BCUT2D eigenvalue weighted by Crippen LogP contribution is 2.10. The molecule has 1 aliphatic heterocycles. The Bertz CT molecular complexity index is 433. The molecular formula is C11H12BrN3O2. The van der Waals surface area contributed by atoms with Crippen molar-refractivity contribution in [2.24, 2.45) is 0 Å². The van der Waals surface area contributed by atoms with Crippen LogP contribution in [0.2, 0.25) is 0 Å². The average molecular weight is 298 g/mol. The van der Waals surface area contributed by atoms with Gasteiger partial charge in [0.05, 0.1) is 12.1 Å². The van der Waals surface area contributed by atoms with E-state index in [1.54, 1.807) is 17.0 Å². The first-order valence-corrected chi connectivity index (χ1v) is 6.13. The van der Waals surface area contributed by atoms with Gasteiger partial charge in [0.1, 0.15) is 4.60 Å². The molecule has 90 valence electrons. The van der Waals surface area contributed by atoms with Gasteiger partial charge < -0.3 is 10.2 Å². The van der Waals surface area contributed by atoms with Gasteiger partial charge in [0.15, 0.2) is 0 Å². The molecule has 0 radical (unpaired) electrons. The van der Waals surface area contributed by atoms with Crippen molar-refractivity contribution in [3.8, 4) is 0 Å². The largest absolute Gasteiger partial charge is 0.354 e. The van der Waals surface area contributed by atoms with Gasteiger partial charge >= 0.3 is 0 Å². The van der Waals surface area contributed by atoms with Crippen LogP contribution in [0.15, 0.2) is 22.9 Å². The molecular weight excluding hydrogens is 286 g/mol. The van der Waals surface area contributed by atoms with Gasteiger partial charge in [0, 0.05) is 19.3 Å². The molecule has 0 spiro atoms. The van der Waals surface area contributed by atoms with Crippen molar-refractivity contribution in [2.45, 2.75) is 6.42 Å². The standard InChI is InChI=1S/C11H12BrN3O2/c12-9-3-2-8(6-14-9)11(17)15-5-1-4-13-10(16)7-15/h2-3,6H,1,4-5,7H2,(H,13,16). The fourth-order valence-corrected chi connectivity index (χ4v) is 1.90. The van der Waals surface area contributed by atoms with Crippen molar-refractivity contribution in [1.29, 1.82) is 0 Å². The number of rotatable bonds is 1. The topological polar surface area (TPSA) is 62.3 Å². The highest BCUT2D eigenvalue weighted by molar-refractivity contribution is 9.10. The summed E-state index contributed by atoms with van der Waals surface area (Å²) in [5, 5.41) is 2.73. The maximum Gasteiger partial charge on any atom is 0.255 e. The van der Waals surface area contributed by atoms with E-state index in [1.165, 1.54) is 6.20 Å². The summed E-state index contributed by atoms with van der Waals surface area (Å²) < 4.78 is 0.683. The normalized spacial score (nSPS) is 16.3. The summed E-state index contributed by atoms with van der Waals surface area (Å²) in [4.78, 5) is 29.0. The zero-order chi connectivity index (χ0) is 12.3. The van der Waals surface area contributed by atoms with E-state index in [9.17, 15) is 9.59 Å². The van der Waals surface area contributed by atoms with E-state index in [0.717, 1.165) is 6.42 Å².